The van der Waals surface area contributed by atoms with Crippen LogP contribution in [0.4, 0.5) is 4.39 Å². The summed E-state index contributed by atoms with van der Waals surface area (Å²) < 4.78 is 34.5. The molecule has 0 N–H and O–H groups in total. The van der Waals surface area contributed by atoms with Crippen molar-refractivity contribution in [3.63, 3.8) is 0 Å². The Kier molecular flexibility index (Phi) is 4.24. The number of alkyl halides is 3. The van der Waals surface area contributed by atoms with E-state index in [0.717, 1.165) is 0 Å². The van der Waals surface area contributed by atoms with E-state index in [2.05, 4.69) is 13.0 Å². The van der Waals surface area contributed by atoms with Crippen molar-refractivity contribution < 1.29 is 23.4 Å². The first kappa shape index (κ1) is 22.5. The summed E-state index contributed by atoms with van der Waals surface area (Å²) in [5.41, 5.74) is -3.23. The van der Waals surface area contributed by atoms with Crippen molar-refractivity contribution in [2.45, 2.75) is 86.5 Å². The van der Waals surface area contributed by atoms with E-state index < -0.39 is 44.2 Å². The number of carbonyl (C=O) groups excluding carboxylic acids is 1. The van der Waals surface area contributed by atoms with Crippen LogP contribution in [0.3, 0.4) is 0 Å². The summed E-state index contributed by atoms with van der Waals surface area (Å²) in [5.74, 6) is -1.50. The highest BCUT2D eigenvalue weighted by Crippen LogP contribution is 2.76. The van der Waals surface area contributed by atoms with Gasteiger partial charge in [0.25, 0.3) is 0 Å². The Balaban J connectivity index is 1.52. The minimum absolute atomic E-state index is 0.0943. The number of epoxide rings is 1. The SMILES string of the molecule is CC1(C)O[C@@H]2C[C@H]3[C@@H]4C[C@H](F)C5=CC(=O)C=C[C@]5(C)[C@@]4(Cl)[C@@H](Cl)C[C@]3(C)[C@]2(C2(C#N)CO2)O1. The lowest BCUT2D eigenvalue weighted by atomic mass is 9.45. The fraction of sp³-hybridized carbons (Fsp3) is 0.760. The molecular formula is C25H28Cl2FNO4. The van der Waals surface area contributed by atoms with Gasteiger partial charge in [-0.05, 0) is 62.7 Å². The Morgan fingerprint density at radius 2 is 1.91 bits per heavy atom. The van der Waals surface area contributed by atoms with Gasteiger partial charge in [-0.2, -0.15) is 5.26 Å². The third-order valence-electron chi connectivity index (χ3n) is 9.79. The summed E-state index contributed by atoms with van der Waals surface area (Å²) in [6.45, 7) is 7.97. The standard InChI is InChI=1S/C25H28Cl2FNO4/c1-20(2)32-19-9-14-15-8-17(28)16-7-13(30)5-6-21(16,3)24(15,27)18(26)10-22(14,4)25(19,33-20)23(11-29)12-31-23/h5-7,14-15,17-19H,8-10,12H2,1-4H3/t14-,15-,17-,18-,19+,21-,22-,23?,24-,25+/m0/s1. The first-order valence-corrected chi connectivity index (χ1v) is 12.5. The molecule has 10 atom stereocenters. The Labute approximate surface area is 203 Å². The molecule has 3 saturated carbocycles. The van der Waals surface area contributed by atoms with Gasteiger partial charge in [-0.25, -0.2) is 4.39 Å². The predicted molar refractivity (Wildman–Crippen MR) is 119 cm³/mol. The van der Waals surface area contributed by atoms with Crippen molar-refractivity contribution in [3.8, 4) is 6.07 Å². The summed E-state index contributed by atoms with van der Waals surface area (Å²) in [4.78, 5) is 11.1. The molecule has 0 radical (unpaired) electrons. The predicted octanol–water partition coefficient (Wildman–Crippen LogP) is 4.61. The van der Waals surface area contributed by atoms with Crippen LogP contribution in [-0.2, 0) is 19.0 Å². The van der Waals surface area contributed by atoms with Crippen molar-refractivity contribution in [1.29, 1.82) is 5.26 Å². The maximum absolute atomic E-state index is 15.7. The number of ether oxygens (including phenoxy) is 3. The molecule has 6 aliphatic rings. The van der Waals surface area contributed by atoms with E-state index >= 15 is 4.39 Å². The second-order valence-electron chi connectivity index (χ2n) is 11.6. The fourth-order valence-corrected chi connectivity index (χ4v) is 9.62. The van der Waals surface area contributed by atoms with Crippen LogP contribution in [0.5, 0.6) is 0 Å². The zero-order valence-corrected chi connectivity index (χ0v) is 20.7. The summed E-state index contributed by atoms with van der Waals surface area (Å²) in [6, 6.07) is 2.38. The number of hydrogen-bond acceptors (Lipinski definition) is 5. The second-order valence-corrected chi connectivity index (χ2v) is 12.8. The van der Waals surface area contributed by atoms with Crippen LogP contribution in [0.15, 0.2) is 23.8 Å². The van der Waals surface area contributed by atoms with Gasteiger partial charge in [-0.1, -0.05) is 19.9 Å². The highest BCUT2D eigenvalue weighted by atomic mass is 35.5. The molecule has 8 heteroatoms. The number of hydrogen-bond donors (Lipinski definition) is 0. The molecule has 0 aromatic heterocycles. The Hall–Kier alpha value is -0.970. The van der Waals surface area contributed by atoms with Crippen LogP contribution in [0.1, 0.15) is 47.0 Å². The van der Waals surface area contributed by atoms with Crippen molar-refractivity contribution in [2.75, 3.05) is 6.61 Å². The van der Waals surface area contributed by atoms with Gasteiger partial charge in [-0.15, -0.1) is 23.2 Å². The third kappa shape index (κ3) is 2.33. The number of halogens is 3. The highest BCUT2D eigenvalue weighted by Gasteiger charge is 2.85. The molecule has 2 aliphatic heterocycles. The molecule has 6 rings (SSSR count). The van der Waals surface area contributed by atoms with E-state index in [1.54, 1.807) is 6.08 Å². The normalized spacial score (nSPS) is 57.9. The molecule has 4 aliphatic carbocycles. The molecule has 0 spiro atoms. The zero-order chi connectivity index (χ0) is 23.8. The number of carbonyl (C=O) groups is 1. The molecule has 2 saturated heterocycles. The van der Waals surface area contributed by atoms with Crippen molar-refractivity contribution in [2.24, 2.45) is 22.7 Å². The van der Waals surface area contributed by atoms with Crippen molar-refractivity contribution >= 4 is 29.0 Å². The number of fused-ring (bicyclic) bond motifs is 7. The molecular weight excluding hydrogens is 468 g/mol. The smallest absolute Gasteiger partial charge is 0.209 e. The molecule has 0 aromatic rings. The van der Waals surface area contributed by atoms with E-state index in [1.807, 2.05) is 20.8 Å². The Morgan fingerprint density at radius 1 is 1.21 bits per heavy atom. The Bertz CT molecular complexity index is 1070. The van der Waals surface area contributed by atoms with Gasteiger partial charge in [0.05, 0.1) is 23.0 Å². The van der Waals surface area contributed by atoms with Gasteiger partial charge >= 0.3 is 0 Å². The topological polar surface area (TPSA) is 71.9 Å². The van der Waals surface area contributed by atoms with Crippen LogP contribution in [0, 0.1) is 34.0 Å². The average Bonchev–Trinajstić information content (AvgIpc) is 3.43. The lowest BCUT2D eigenvalue weighted by molar-refractivity contribution is -0.225. The Morgan fingerprint density at radius 3 is 2.55 bits per heavy atom. The maximum Gasteiger partial charge on any atom is 0.209 e. The molecule has 33 heavy (non-hydrogen) atoms. The minimum atomic E-state index is -1.30. The third-order valence-corrected chi connectivity index (χ3v) is 11.3. The summed E-state index contributed by atoms with van der Waals surface area (Å²) >= 11 is 14.7. The maximum atomic E-state index is 15.7. The summed E-state index contributed by atoms with van der Waals surface area (Å²) in [5, 5.41) is 9.61. The van der Waals surface area contributed by atoms with Crippen LogP contribution in [0.2, 0.25) is 0 Å². The molecule has 0 aromatic carbocycles. The summed E-state index contributed by atoms with van der Waals surface area (Å²) in [6.07, 6.45) is 4.14. The lowest BCUT2D eigenvalue weighted by Crippen LogP contribution is -2.70. The van der Waals surface area contributed by atoms with Crippen LogP contribution < -0.4 is 0 Å². The number of ketones is 1. The van der Waals surface area contributed by atoms with Crippen molar-refractivity contribution in [1.82, 2.24) is 0 Å². The zero-order valence-electron chi connectivity index (χ0n) is 19.2. The van der Waals surface area contributed by atoms with E-state index in [1.165, 1.54) is 12.2 Å². The van der Waals surface area contributed by atoms with E-state index in [4.69, 9.17) is 37.4 Å². The summed E-state index contributed by atoms with van der Waals surface area (Å²) in [7, 11) is 0. The molecule has 1 unspecified atom stereocenters. The number of nitrogens with zero attached hydrogens (tertiary/aromatic N) is 1. The molecule has 0 bridgehead atoms. The van der Waals surface area contributed by atoms with Gasteiger partial charge in [0.2, 0.25) is 5.60 Å². The van der Waals surface area contributed by atoms with E-state index in [0.29, 0.717) is 18.4 Å². The van der Waals surface area contributed by atoms with Gasteiger partial charge < -0.3 is 14.2 Å². The van der Waals surface area contributed by atoms with Crippen LogP contribution >= 0.6 is 23.2 Å². The average molecular weight is 496 g/mol. The quantitative estimate of drug-likeness (QED) is 0.392. The number of nitriles is 1. The van der Waals surface area contributed by atoms with Gasteiger partial charge in [0, 0.05) is 10.8 Å². The number of allylic oxidation sites excluding steroid dienone is 4. The second kappa shape index (κ2) is 6.23. The minimum Gasteiger partial charge on any atom is -0.351 e. The van der Waals surface area contributed by atoms with E-state index in [9.17, 15) is 10.1 Å². The molecule has 5 fully saturated rings. The van der Waals surface area contributed by atoms with Gasteiger partial charge in [0.15, 0.2) is 11.6 Å². The molecule has 178 valence electrons. The van der Waals surface area contributed by atoms with Gasteiger partial charge in [0.1, 0.15) is 17.8 Å². The molecule has 5 nitrogen and oxygen atoms in total. The van der Waals surface area contributed by atoms with Crippen molar-refractivity contribution in [3.05, 3.63) is 23.8 Å². The van der Waals surface area contributed by atoms with E-state index in [-0.39, 0.29) is 36.8 Å². The molecule has 2 heterocycles. The van der Waals surface area contributed by atoms with Crippen LogP contribution in [0.25, 0.3) is 0 Å². The highest BCUT2D eigenvalue weighted by molar-refractivity contribution is 6.34. The lowest BCUT2D eigenvalue weighted by Gasteiger charge is -2.64. The van der Waals surface area contributed by atoms with Crippen LogP contribution in [-0.4, -0.2) is 51.9 Å². The first-order valence-electron chi connectivity index (χ1n) is 11.7. The monoisotopic (exact) mass is 495 g/mol. The fourth-order valence-electron chi connectivity index (χ4n) is 8.42. The first-order chi connectivity index (χ1) is 15.3. The van der Waals surface area contributed by atoms with Gasteiger partial charge in [-0.3, -0.25) is 4.79 Å². The molecule has 0 amide bonds. The largest absolute Gasteiger partial charge is 0.351 e. The number of rotatable bonds is 1.